The van der Waals surface area contributed by atoms with Gasteiger partial charge in [-0.1, -0.05) is 95.3 Å². The van der Waals surface area contributed by atoms with Crippen molar-refractivity contribution < 1.29 is 42.9 Å². The largest absolute Gasteiger partial charge is 0.586 e. The van der Waals surface area contributed by atoms with Crippen LogP contribution in [0.25, 0.3) is 0 Å². The number of carbonyl (C=O) groups is 3. The first kappa shape index (κ1) is 43.8. The molecule has 0 spiro atoms. The zero-order chi connectivity index (χ0) is 38.4. The van der Waals surface area contributed by atoms with Gasteiger partial charge in [-0.15, -0.1) is 8.78 Å². The number of alkyl halides is 2. The van der Waals surface area contributed by atoms with Crippen LogP contribution in [0.15, 0.2) is 79.0 Å². The van der Waals surface area contributed by atoms with Gasteiger partial charge in [0.05, 0.1) is 24.7 Å². The van der Waals surface area contributed by atoms with E-state index in [0.29, 0.717) is 37.1 Å². The van der Waals surface area contributed by atoms with Crippen LogP contribution in [-0.4, -0.2) is 77.6 Å². The fourth-order valence-electron chi connectivity index (χ4n) is 5.19. The van der Waals surface area contributed by atoms with E-state index in [1.807, 2.05) is 0 Å². The summed E-state index contributed by atoms with van der Waals surface area (Å²) in [6.45, 7) is 1.59. The van der Waals surface area contributed by atoms with Crippen molar-refractivity contribution in [3.8, 4) is 11.5 Å². The Labute approximate surface area is 319 Å². The molecule has 10 nitrogen and oxygen atoms in total. The van der Waals surface area contributed by atoms with Crippen molar-refractivity contribution in [3.05, 3.63) is 84.5 Å². The summed E-state index contributed by atoms with van der Waals surface area (Å²) >= 11 is 0. The zero-order valence-electron chi connectivity index (χ0n) is 30.3. The highest BCUT2D eigenvalue weighted by atomic mass is 33.1. The lowest BCUT2D eigenvalue weighted by atomic mass is 9.94. The van der Waals surface area contributed by atoms with Crippen LogP contribution in [0.3, 0.4) is 0 Å². The molecular formula is C39H53F2N3O7S2. The maximum Gasteiger partial charge on any atom is 0.586 e. The second kappa shape index (κ2) is 23.9. The van der Waals surface area contributed by atoms with Crippen LogP contribution in [0.5, 0.6) is 11.5 Å². The number of allylic oxidation sites excluding steroid dienone is 10. The molecule has 1 fully saturated rings. The molecule has 53 heavy (non-hydrogen) atoms. The molecule has 5 N–H and O–H groups in total. The lowest BCUT2D eigenvalue weighted by Crippen LogP contribution is -2.54. The lowest BCUT2D eigenvalue weighted by molar-refractivity contribution is -0.286. The van der Waals surface area contributed by atoms with E-state index >= 15 is 0 Å². The van der Waals surface area contributed by atoms with Gasteiger partial charge in [0.1, 0.15) is 6.04 Å². The normalized spacial score (nSPS) is 16.4. The standard InChI is InChI=1S/C39H53F2N3O7S2/c1-2-3-4-5-6-7-8-9-10-11-12-13-14-15-16-17-18-19-35(47)42-24-25-52-53-29-32(36(48)43-31(27-45)28-46)44-37(49)38(22-23-38)30-20-21-33-34(26-30)51-39(40,41)50-33/h3-4,6-7,9-10,12-13,15-16,20-21,26,31-32,45-46H,2,5,8,11,14,17-19,22-25,27-29H2,1H3,(H,42,47)(H,43,48)(H,44,49)/b4-3-,7-6-,10-9-,13-12-,16-15-. The summed E-state index contributed by atoms with van der Waals surface area (Å²) in [5.41, 5.74) is -0.550. The molecule has 2 aliphatic rings. The molecular weight excluding hydrogens is 725 g/mol. The highest BCUT2D eigenvalue weighted by Crippen LogP contribution is 2.52. The van der Waals surface area contributed by atoms with Crippen molar-refractivity contribution in [1.82, 2.24) is 16.0 Å². The zero-order valence-corrected chi connectivity index (χ0v) is 31.9. The van der Waals surface area contributed by atoms with Crippen LogP contribution in [-0.2, 0) is 19.8 Å². The number of ether oxygens (including phenoxy) is 2. The second-order valence-electron chi connectivity index (χ2n) is 12.6. The quantitative estimate of drug-likeness (QED) is 0.0409. The summed E-state index contributed by atoms with van der Waals surface area (Å²) in [6, 6.07) is 2.30. The number of nitrogens with one attached hydrogen (secondary N) is 3. The number of fused-ring (bicyclic) bond motifs is 1. The Morgan fingerprint density at radius 2 is 1.45 bits per heavy atom. The predicted octanol–water partition coefficient (Wildman–Crippen LogP) is 6.41. The van der Waals surface area contributed by atoms with Crippen LogP contribution >= 0.6 is 21.6 Å². The first-order valence-corrected chi connectivity index (χ1v) is 20.6. The predicted molar refractivity (Wildman–Crippen MR) is 208 cm³/mol. The van der Waals surface area contributed by atoms with Gasteiger partial charge in [0, 0.05) is 24.5 Å². The maximum absolute atomic E-state index is 13.5. The molecule has 0 aromatic heterocycles. The second-order valence-corrected chi connectivity index (χ2v) is 15.2. The van der Waals surface area contributed by atoms with E-state index in [2.05, 4.69) is 93.1 Å². The Balaban J connectivity index is 1.31. The van der Waals surface area contributed by atoms with Gasteiger partial charge in [-0.05, 0) is 75.5 Å². The van der Waals surface area contributed by atoms with Crippen LogP contribution in [0.4, 0.5) is 8.78 Å². The summed E-state index contributed by atoms with van der Waals surface area (Å²) in [6.07, 6.45) is 25.4. The Morgan fingerprint density at radius 1 is 0.849 bits per heavy atom. The van der Waals surface area contributed by atoms with E-state index in [1.165, 1.54) is 39.8 Å². The van der Waals surface area contributed by atoms with Gasteiger partial charge in [-0.2, -0.15) is 0 Å². The molecule has 1 aromatic carbocycles. The molecule has 1 atom stereocenters. The number of aliphatic hydroxyl groups excluding tert-OH is 2. The molecule has 1 unspecified atom stereocenters. The van der Waals surface area contributed by atoms with Crippen molar-refractivity contribution >= 4 is 39.3 Å². The van der Waals surface area contributed by atoms with Crippen LogP contribution < -0.4 is 25.4 Å². The molecule has 1 saturated carbocycles. The van der Waals surface area contributed by atoms with E-state index in [9.17, 15) is 33.4 Å². The summed E-state index contributed by atoms with van der Waals surface area (Å²) in [7, 11) is 2.76. The number of aliphatic hydroxyl groups is 2. The average molecular weight is 778 g/mol. The van der Waals surface area contributed by atoms with Crippen LogP contribution in [0.1, 0.15) is 76.7 Å². The minimum absolute atomic E-state index is 0.0338. The minimum atomic E-state index is -3.78. The first-order chi connectivity index (χ1) is 25.6. The Morgan fingerprint density at radius 3 is 2.06 bits per heavy atom. The molecule has 1 heterocycles. The monoisotopic (exact) mass is 777 g/mol. The van der Waals surface area contributed by atoms with Gasteiger partial charge in [0.15, 0.2) is 11.5 Å². The molecule has 3 amide bonds. The summed E-state index contributed by atoms with van der Waals surface area (Å²) in [5, 5.41) is 27.1. The number of hydrogen-bond acceptors (Lipinski definition) is 9. The van der Waals surface area contributed by atoms with E-state index < -0.39 is 48.8 Å². The number of unbranched alkanes of at least 4 members (excludes halogenated alkanes) is 1. The third kappa shape index (κ3) is 16.1. The van der Waals surface area contributed by atoms with Gasteiger partial charge in [0.2, 0.25) is 17.7 Å². The van der Waals surface area contributed by atoms with Crippen molar-refractivity contribution in [3.63, 3.8) is 0 Å². The fourth-order valence-corrected chi connectivity index (χ4v) is 7.26. The number of benzene rings is 1. The number of halogens is 2. The van der Waals surface area contributed by atoms with Gasteiger partial charge < -0.3 is 35.6 Å². The van der Waals surface area contributed by atoms with Crippen molar-refractivity contribution in [2.24, 2.45) is 0 Å². The van der Waals surface area contributed by atoms with Gasteiger partial charge in [0.25, 0.3) is 0 Å². The number of amides is 3. The molecule has 1 aliphatic heterocycles. The van der Waals surface area contributed by atoms with E-state index in [4.69, 9.17) is 0 Å². The molecule has 0 radical (unpaired) electrons. The first-order valence-electron chi connectivity index (χ1n) is 18.1. The Kier molecular flexibility index (Phi) is 19.8. The molecule has 0 bridgehead atoms. The Hall–Kier alpha value is -3.59. The molecule has 1 aliphatic carbocycles. The number of rotatable bonds is 26. The lowest BCUT2D eigenvalue weighted by Gasteiger charge is -2.24. The number of hydrogen-bond donors (Lipinski definition) is 5. The average Bonchev–Trinajstić information content (AvgIpc) is 3.89. The molecule has 1 aromatic rings. The van der Waals surface area contributed by atoms with Crippen molar-refractivity contribution in [1.29, 1.82) is 0 Å². The third-order valence-electron chi connectivity index (χ3n) is 8.31. The number of carbonyl (C=O) groups excluding carboxylic acids is 3. The molecule has 14 heteroatoms. The van der Waals surface area contributed by atoms with E-state index in [1.54, 1.807) is 0 Å². The summed E-state index contributed by atoms with van der Waals surface area (Å²) in [4.78, 5) is 38.8. The molecule has 3 rings (SSSR count). The summed E-state index contributed by atoms with van der Waals surface area (Å²) < 4.78 is 36.1. The fraction of sp³-hybridized carbons (Fsp3) is 0.513. The molecule has 292 valence electrons. The third-order valence-corrected chi connectivity index (χ3v) is 10.7. The van der Waals surface area contributed by atoms with Crippen LogP contribution in [0.2, 0.25) is 0 Å². The summed E-state index contributed by atoms with van der Waals surface area (Å²) in [5.74, 6) is -0.632. The highest BCUT2D eigenvalue weighted by Gasteiger charge is 2.53. The van der Waals surface area contributed by atoms with Gasteiger partial charge in [-0.25, -0.2) is 0 Å². The van der Waals surface area contributed by atoms with Crippen molar-refractivity contribution in [2.45, 2.75) is 94.9 Å². The van der Waals surface area contributed by atoms with E-state index in [0.717, 1.165) is 44.9 Å². The van der Waals surface area contributed by atoms with Gasteiger partial charge in [-0.3, -0.25) is 14.4 Å². The van der Waals surface area contributed by atoms with Crippen LogP contribution in [0, 0.1) is 0 Å². The van der Waals surface area contributed by atoms with Crippen molar-refractivity contribution in [2.75, 3.05) is 31.3 Å². The highest BCUT2D eigenvalue weighted by molar-refractivity contribution is 8.76. The topological polar surface area (TPSA) is 146 Å². The SMILES string of the molecule is CC/C=C\C/C=C\C/C=C\C/C=C\C/C=C\CCCC(=O)NCCSSCC(NC(=O)C1(c2ccc3c(c2)OC(F)(F)O3)CC1)C(=O)NC(CO)CO. The maximum atomic E-state index is 13.5. The van der Waals surface area contributed by atoms with E-state index in [-0.39, 0.29) is 23.2 Å². The smallest absolute Gasteiger partial charge is 0.395 e. The minimum Gasteiger partial charge on any atom is -0.395 e. The van der Waals surface area contributed by atoms with Gasteiger partial charge >= 0.3 is 6.29 Å². The Bertz CT molecular complexity index is 1460. The molecule has 0 saturated heterocycles.